The molecule has 1 atom stereocenters. The number of halogens is 5. The number of hydrogen-bond acceptors (Lipinski definition) is 4. The molecule has 172 valence electrons. The minimum absolute atomic E-state index is 0.0750. The number of hydrogen-bond donors (Lipinski definition) is 1. The van der Waals surface area contributed by atoms with E-state index in [-0.39, 0.29) is 23.4 Å². The highest BCUT2D eigenvalue weighted by molar-refractivity contribution is 5.93. The predicted octanol–water partition coefficient (Wildman–Crippen LogP) is 3.54. The van der Waals surface area contributed by atoms with Crippen LogP contribution in [0.3, 0.4) is 0 Å². The number of nitrogens with zero attached hydrogens (tertiary/aromatic N) is 6. The van der Waals surface area contributed by atoms with Crippen molar-refractivity contribution in [1.29, 1.82) is 0 Å². The number of pyridine rings is 1. The Morgan fingerprint density at radius 2 is 2.03 bits per heavy atom. The van der Waals surface area contributed by atoms with Gasteiger partial charge in [-0.1, -0.05) is 0 Å². The summed E-state index contributed by atoms with van der Waals surface area (Å²) in [5.74, 6) is -0.608. The third-order valence-electron chi connectivity index (χ3n) is 5.63. The number of nitrogens with one attached hydrogen (secondary N) is 1. The van der Waals surface area contributed by atoms with E-state index in [2.05, 4.69) is 20.2 Å². The highest BCUT2D eigenvalue weighted by Gasteiger charge is 2.39. The van der Waals surface area contributed by atoms with Crippen molar-refractivity contribution in [3.05, 3.63) is 70.8 Å². The van der Waals surface area contributed by atoms with Crippen LogP contribution in [0.4, 0.5) is 22.0 Å². The Bertz CT molecular complexity index is 1350. The van der Waals surface area contributed by atoms with E-state index < -0.39 is 35.8 Å². The second kappa shape index (κ2) is 7.39. The van der Waals surface area contributed by atoms with E-state index in [1.54, 1.807) is 0 Å². The maximum Gasteiger partial charge on any atom is 0.418 e. The fraction of sp³-hybridized carbons (Fsp3) is 0.300. The van der Waals surface area contributed by atoms with Gasteiger partial charge in [0.15, 0.2) is 0 Å². The van der Waals surface area contributed by atoms with Crippen LogP contribution in [0.25, 0.3) is 5.52 Å². The number of aryl methyl sites for hydroxylation is 1. The quantitative estimate of drug-likeness (QED) is 0.470. The molecule has 0 radical (unpaired) electrons. The van der Waals surface area contributed by atoms with Crippen molar-refractivity contribution < 1.29 is 26.7 Å². The summed E-state index contributed by atoms with van der Waals surface area (Å²) in [5, 5.41) is 7.98. The van der Waals surface area contributed by atoms with Crippen molar-refractivity contribution in [3.8, 4) is 0 Å². The minimum Gasteiger partial charge on any atom is -0.348 e. The Morgan fingerprint density at radius 1 is 1.24 bits per heavy atom. The molecular weight excluding hydrogens is 449 g/mol. The van der Waals surface area contributed by atoms with Gasteiger partial charge in [-0.2, -0.15) is 23.4 Å². The molecule has 5 rings (SSSR count). The molecule has 1 unspecified atom stereocenters. The molecule has 5 heterocycles. The van der Waals surface area contributed by atoms with E-state index in [0.717, 1.165) is 27.0 Å². The molecule has 13 heteroatoms. The zero-order chi connectivity index (χ0) is 23.5. The Labute approximate surface area is 182 Å². The Morgan fingerprint density at radius 3 is 2.73 bits per heavy atom. The summed E-state index contributed by atoms with van der Waals surface area (Å²) in [6.45, 7) is 0.174. The fourth-order valence-corrected chi connectivity index (χ4v) is 4.15. The summed E-state index contributed by atoms with van der Waals surface area (Å²) in [6.07, 6.45) is -4.24. The van der Waals surface area contributed by atoms with Gasteiger partial charge >= 0.3 is 6.18 Å². The van der Waals surface area contributed by atoms with Crippen molar-refractivity contribution in [2.24, 2.45) is 7.05 Å². The van der Waals surface area contributed by atoms with Crippen LogP contribution in [0.15, 0.2) is 36.8 Å². The molecule has 4 aromatic heterocycles. The smallest absolute Gasteiger partial charge is 0.348 e. The van der Waals surface area contributed by atoms with Crippen molar-refractivity contribution in [3.63, 3.8) is 0 Å². The lowest BCUT2D eigenvalue weighted by Crippen LogP contribution is -2.41. The van der Waals surface area contributed by atoms with E-state index in [9.17, 15) is 26.7 Å². The monoisotopic (exact) mass is 465 g/mol. The number of fused-ring (bicyclic) bond motifs is 2. The molecule has 1 aliphatic rings. The average Bonchev–Trinajstić information content (AvgIpc) is 3.48. The number of aromatic amines is 1. The summed E-state index contributed by atoms with van der Waals surface area (Å²) in [5.41, 5.74) is -0.336. The first kappa shape index (κ1) is 21.1. The van der Waals surface area contributed by atoms with E-state index in [4.69, 9.17) is 0 Å². The Hall–Kier alpha value is -3.77. The lowest BCUT2D eigenvalue weighted by molar-refractivity contribution is -0.136. The number of aromatic nitrogens is 6. The molecule has 4 aromatic rings. The highest BCUT2D eigenvalue weighted by Crippen LogP contribution is 2.37. The molecule has 0 fully saturated rings. The van der Waals surface area contributed by atoms with Crippen LogP contribution in [0.1, 0.15) is 51.3 Å². The largest absolute Gasteiger partial charge is 0.418 e. The van der Waals surface area contributed by atoms with Crippen LogP contribution in [0.5, 0.6) is 0 Å². The standard InChI is InChI=1S/C20H16F5N7O/c1-30-15(8-13(28-30)18(21)22)19(33)31-6-4-11-16(27-9-26-11)17(31)12-7-14-10(20(23,24)25)3-2-5-32(14)29-12/h2-3,5,7-9,17-18H,4,6H2,1H3,(H,26,27). The van der Waals surface area contributed by atoms with Crippen LogP contribution >= 0.6 is 0 Å². The lowest BCUT2D eigenvalue weighted by Gasteiger charge is -2.33. The number of rotatable bonds is 3. The normalized spacial score (nSPS) is 16.6. The molecule has 0 aromatic carbocycles. The molecule has 0 saturated heterocycles. The second-order valence-corrected chi connectivity index (χ2v) is 7.61. The van der Waals surface area contributed by atoms with Crippen molar-refractivity contribution >= 4 is 11.4 Å². The summed E-state index contributed by atoms with van der Waals surface area (Å²) in [4.78, 5) is 22.0. The molecule has 1 aliphatic heterocycles. The van der Waals surface area contributed by atoms with Crippen LogP contribution in [0, 0.1) is 0 Å². The van der Waals surface area contributed by atoms with Gasteiger partial charge in [0.05, 0.1) is 28.8 Å². The maximum atomic E-state index is 13.5. The topological polar surface area (TPSA) is 84.1 Å². The van der Waals surface area contributed by atoms with Gasteiger partial charge in [-0.05, 0) is 24.3 Å². The first-order valence-corrected chi connectivity index (χ1v) is 9.86. The molecule has 0 aliphatic carbocycles. The molecule has 33 heavy (non-hydrogen) atoms. The summed E-state index contributed by atoms with van der Waals surface area (Å²) in [6, 6.07) is 3.55. The minimum atomic E-state index is -4.60. The fourth-order valence-electron chi connectivity index (χ4n) is 4.15. The van der Waals surface area contributed by atoms with E-state index >= 15 is 0 Å². The molecule has 8 nitrogen and oxygen atoms in total. The average molecular weight is 465 g/mol. The number of carbonyl (C=O) groups is 1. The number of alkyl halides is 5. The maximum absolute atomic E-state index is 13.5. The number of imidazole rings is 1. The van der Waals surface area contributed by atoms with Crippen LogP contribution in [0.2, 0.25) is 0 Å². The first-order chi connectivity index (χ1) is 15.6. The third-order valence-corrected chi connectivity index (χ3v) is 5.63. The van der Waals surface area contributed by atoms with E-state index in [0.29, 0.717) is 12.1 Å². The third kappa shape index (κ3) is 3.43. The summed E-state index contributed by atoms with van der Waals surface area (Å²) in [7, 11) is 1.37. The van der Waals surface area contributed by atoms with Gasteiger partial charge in [-0.3, -0.25) is 9.48 Å². The van der Waals surface area contributed by atoms with Gasteiger partial charge in [0, 0.05) is 31.9 Å². The molecule has 0 saturated carbocycles. The lowest BCUT2D eigenvalue weighted by atomic mass is 9.99. The molecule has 1 amide bonds. The first-order valence-electron chi connectivity index (χ1n) is 9.86. The van der Waals surface area contributed by atoms with Gasteiger partial charge < -0.3 is 9.88 Å². The van der Waals surface area contributed by atoms with Crippen LogP contribution < -0.4 is 0 Å². The van der Waals surface area contributed by atoms with E-state index in [1.165, 1.54) is 36.6 Å². The van der Waals surface area contributed by atoms with Crippen molar-refractivity contribution in [2.75, 3.05) is 6.54 Å². The number of H-pyrrole nitrogens is 1. The number of carbonyl (C=O) groups excluding carboxylic acids is 1. The predicted molar refractivity (Wildman–Crippen MR) is 104 cm³/mol. The van der Waals surface area contributed by atoms with Crippen molar-refractivity contribution in [2.45, 2.75) is 25.1 Å². The van der Waals surface area contributed by atoms with Gasteiger partial charge in [-0.15, -0.1) is 0 Å². The second-order valence-electron chi connectivity index (χ2n) is 7.61. The van der Waals surface area contributed by atoms with Crippen molar-refractivity contribution in [1.82, 2.24) is 34.3 Å². The zero-order valence-corrected chi connectivity index (χ0v) is 17.0. The van der Waals surface area contributed by atoms with Crippen LogP contribution in [-0.2, 0) is 19.6 Å². The zero-order valence-electron chi connectivity index (χ0n) is 17.0. The van der Waals surface area contributed by atoms with Crippen LogP contribution in [-0.4, -0.2) is 46.7 Å². The van der Waals surface area contributed by atoms with E-state index in [1.807, 2.05) is 0 Å². The van der Waals surface area contributed by atoms with Gasteiger partial charge in [0.25, 0.3) is 12.3 Å². The van der Waals surface area contributed by atoms with Gasteiger partial charge in [0.2, 0.25) is 0 Å². The highest BCUT2D eigenvalue weighted by atomic mass is 19.4. The molecule has 0 spiro atoms. The molecule has 1 N–H and O–H groups in total. The molecular formula is C20H16F5N7O. The Balaban J connectivity index is 1.63. The number of amides is 1. The molecule has 0 bridgehead atoms. The SMILES string of the molecule is Cn1nc(C(F)F)cc1C(=O)N1CCc2[nH]cnc2C1c1cc2c(C(F)(F)F)cccn2n1. The summed E-state index contributed by atoms with van der Waals surface area (Å²) >= 11 is 0. The Kier molecular flexibility index (Phi) is 4.72. The summed E-state index contributed by atoms with van der Waals surface area (Å²) < 4.78 is 68.9. The van der Waals surface area contributed by atoms with Gasteiger partial charge in [0.1, 0.15) is 17.4 Å². The van der Waals surface area contributed by atoms with Gasteiger partial charge in [-0.25, -0.2) is 18.3 Å².